The van der Waals surface area contributed by atoms with Crippen molar-refractivity contribution in [3.8, 4) is 0 Å². The van der Waals surface area contributed by atoms with Gasteiger partial charge in [-0.15, -0.1) is 0 Å². The molecule has 3 amide bonds. The number of amides is 3. The van der Waals surface area contributed by atoms with Gasteiger partial charge in [0.15, 0.2) is 0 Å². The minimum absolute atomic E-state index is 0.0223. The fourth-order valence-corrected chi connectivity index (χ4v) is 3.16. The predicted molar refractivity (Wildman–Crippen MR) is 87.3 cm³/mol. The average Bonchev–Trinajstić information content (AvgIpc) is 3.22. The van der Waals surface area contributed by atoms with E-state index in [0.29, 0.717) is 19.5 Å². The van der Waals surface area contributed by atoms with Crippen LogP contribution in [0.4, 0.5) is 10.5 Å². The Morgan fingerprint density at radius 3 is 2.83 bits per heavy atom. The predicted octanol–water partition coefficient (Wildman–Crippen LogP) is 1.61. The van der Waals surface area contributed by atoms with E-state index in [0.717, 1.165) is 25.1 Å². The van der Waals surface area contributed by atoms with Crippen LogP contribution in [0.2, 0.25) is 0 Å². The molecule has 2 fully saturated rings. The molecule has 2 heterocycles. The molecule has 0 unspecified atom stereocenters. The van der Waals surface area contributed by atoms with Crippen LogP contribution in [0.3, 0.4) is 0 Å². The van der Waals surface area contributed by atoms with Crippen molar-refractivity contribution in [2.75, 3.05) is 31.6 Å². The maximum absolute atomic E-state index is 12.6. The molecule has 0 radical (unpaired) electrons. The highest BCUT2D eigenvalue weighted by Crippen LogP contribution is 2.23. The molecule has 1 aromatic rings. The molecule has 1 N–H and O–H groups in total. The van der Waals surface area contributed by atoms with Crippen molar-refractivity contribution in [1.29, 1.82) is 0 Å². The fraction of sp³-hybridized carbons (Fsp3) is 0.529. The highest BCUT2D eigenvalue weighted by atomic mass is 16.5. The fourth-order valence-electron chi connectivity index (χ4n) is 3.16. The molecule has 124 valence electrons. The Morgan fingerprint density at radius 2 is 2.13 bits per heavy atom. The number of nitrogens with zero attached hydrogens (tertiary/aromatic N) is 2. The molecule has 0 spiro atoms. The van der Waals surface area contributed by atoms with E-state index >= 15 is 0 Å². The van der Waals surface area contributed by atoms with Gasteiger partial charge in [-0.25, -0.2) is 4.79 Å². The third-order valence-corrected chi connectivity index (χ3v) is 4.54. The molecule has 3 rings (SSSR count). The molecular formula is C17H23N3O3. The quantitative estimate of drug-likeness (QED) is 0.918. The first kappa shape index (κ1) is 15.8. The van der Waals surface area contributed by atoms with Gasteiger partial charge < -0.3 is 19.9 Å². The maximum Gasteiger partial charge on any atom is 0.317 e. The number of benzene rings is 1. The number of hydrogen-bond donors (Lipinski definition) is 1. The lowest BCUT2D eigenvalue weighted by molar-refractivity contribution is -0.120. The molecule has 1 aromatic carbocycles. The molecule has 23 heavy (non-hydrogen) atoms. The van der Waals surface area contributed by atoms with Gasteiger partial charge in [0.25, 0.3) is 0 Å². The second-order valence-electron chi connectivity index (χ2n) is 6.06. The second-order valence-corrected chi connectivity index (χ2v) is 6.06. The summed E-state index contributed by atoms with van der Waals surface area (Å²) >= 11 is 0. The number of nitrogens with one attached hydrogen (secondary N) is 1. The summed E-state index contributed by atoms with van der Waals surface area (Å²) in [6, 6.07) is 8.96. The first-order valence-electron chi connectivity index (χ1n) is 8.15. The zero-order chi connectivity index (χ0) is 16.2. The molecule has 2 atom stereocenters. The number of carbonyl (C=O) groups is 2. The molecule has 6 nitrogen and oxygen atoms in total. The molecule has 0 bridgehead atoms. The lowest BCUT2D eigenvalue weighted by atomic mass is 10.2. The van der Waals surface area contributed by atoms with Crippen LogP contribution in [-0.4, -0.2) is 55.7 Å². The normalized spacial score (nSPS) is 24.0. The van der Waals surface area contributed by atoms with E-state index in [1.54, 1.807) is 11.9 Å². The van der Waals surface area contributed by atoms with Crippen LogP contribution in [0.15, 0.2) is 30.3 Å². The van der Waals surface area contributed by atoms with Crippen LogP contribution in [0.5, 0.6) is 0 Å². The number of anilines is 1. The summed E-state index contributed by atoms with van der Waals surface area (Å²) in [6.45, 7) is 1.91. The smallest absolute Gasteiger partial charge is 0.317 e. The zero-order valence-corrected chi connectivity index (χ0v) is 13.4. The van der Waals surface area contributed by atoms with Crippen LogP contribution in [0.1, 0.15) is 19.3 Å². The Hall–Kier alpha value is -2.08. The summed E-state index contributed by atoms with van der Waals surface area (Å²) in [5, 5.41) is 2.87. The van der Waals surface area contributed by atoms with E-state index in [1.807, 2.05) is 30.3 Å². The summed E-state index contributed by atoms with van der Waals surface area (Å²) in [7, 11) is 1.68. The number of hydrogen-bond acceptors (Lipinski definition) is 3. The Kier molecular flexibility index (Phi) is 4.81. The van der Waals surface area contributed by atoms with E-state index < -0.39 is 6.04 Å². The Labute approximate surface area is 136 Å². The largest absolute Gasteiger partial charge is 0.376 e. The minimum atomic E-state index is -0.403. The summed E-state index contributed by atoms with van der Waals surface area (Å²) < 4.78 is 5.50. The molecule has 2 aliphatic rings. The van der Waals surface area contributed by atoms with Gasteiger partial charge in [-0.2, -0.15) is 0 Å². The van der Waals surface area contributed by atoms with Crippen LogP contribution in [-0.2, 0) is 9.53 Å². The van der Waals surface area contributed by atoms with Crippen LogP contribution in [0.25, 0.3) is 0 Å². The number of para-hydroxylation sites is 1. The molecule has 0 aromatic heterocycles. The van der Waals surface area contributed by atoms with E-state index in [4.69, 9.17) is 4.74 Å². The van der Waals surface area contributed by atoms with Gasteiger partial charge in [-0.1, -0.05) is 18.2 Å². The van der Waals surface area contributed by atoms with Gasteiger partial charge in [0.05, 0.1) is 6.10 Å². The highest BCUT2D eigenvalue weighted by molar-refractivity contribution is 6.01. The third-order valence-electron chi connectivity index (χ3n) is 4.54. The standard InChI is InChI=1S/C17H23N3O3/c1-19(17(22)18-12-14-8-5-11-23-14)15-9-10-20(16(15)21)13-6-3-2-4-7-13/h2-4,6-7,14-15H,5,8-12H2,1H3,(H,18,22)/t14-,15-/m1/s1. The first-order valence-corrected chi connectivity index (χ1v) is 8.15. The Bertz CT molecular complexity index is 557. The first-order chi connectivity index (χ1) is 11.2. The van der Waals surface area contributed by atoms with E-state index in [1.165, 1.54) is 4.90 Å². The van der Waals surface area contributed by atoms with E-state index in [9.17, 15) is 9.59 Å². The summed E-state index contributed by atoms with van der Waals surface area (Å²) in [6.07, 6.45) is 2.78. The van der Waals surface area contributed by atoms with Gasteiger partial charge in [0.2, 0.25) is 5.91 Å². The van der Waals surface area contributed by atoms with Crippen molar-refractivity contribution >= 4 is 17.6 Å². The van der Waals surface area contributed by atoms with Crippen molar-refractivity contribution in [3.05, 3.63) is 30.3 Å². The zero-order valence-electron chi connectivity index (χ0n) is 13.4. The minimum Gasteiger partial charge on any atom is -0.376 e. The lowest BCUT2D eigenvalue weighted by Gasteiger charge is -2.25. The van der Waals surface area contributed by atoms with Gasteiger partial charge in [-0.05, 0) is 31.4 Å². The van der Waals surface area contributed by atoms with Crippen molar-refractivity contribution in [1.82, 2.24) is 10.2 Å². The van der Waals surface area contributed by atoms with Gasteiger partial charge >= 0.3 is 6.03 Å². The van der Waals surface area contributed by atoms with Crippen LogP contribution in [0, 0.1) is 0 Å². The number of likely N-dealkylation sites (N-methyl/N-ethyl adjacent to an activating group) is 1. The number of ether oxygens (including phenoxy) is 1. The number of urea groups is 1. The van der Waals surface area contributed by atoms with Gasteiger partial charge in [0.1, 0.15) is 6.04 Å². The number of rotatable bonds is 4. The van der Waals surface area contributed by atoms with E-state index in [-0.39, 0.29) is 18.0 Å². The summed E-state index contributed by atoms with van der Waals surface area (Å²) in [5.74, 6) is -0.0223. The highest BCUT2D eigenvalue weighted by Gasteiger charge is 2.37. The van der Waals surface area contributed by atoms with Crippen LogP contribution < -0.4 is 10.2 Å². The van der Waals surface area contributed by atoms with Crippen molar-refractivity contribution in [2.45, 2.75) is 31.4 Å². The molecule has 0 aliphatic carbocycles. The van der Waals surface area contributed by atoms with Gasteiger partial charge in [-0.3, -0.25) is 4.79 Å². The van der Waals surface area contributed by atoms with Crippen molar-refractivity contribution in [3.63, 3.8) is 0 Å². The monoisotopic (exact) mass is 317 g/mol. The van der Waals surface area contributed by atoms with Gasteiger partial charge in [0, 0.05) is 32.4 Å². The molecule has 6 heteroatoms. The Balaban J connectivity index is 1.56. The average molecular weight is 317 g/mol. The number of carbonyl (C=O) groups excluding carboxylic acids is 2. The summed E-state index contributed by atoms with van der Waals surface area (Å²) in [5.41, 5.74) is 0.883. The van der Waals surface area contributed by atoms with Crippen molar-refractivity contribution in [2.24, 2.45) is 0 Å². The van der Waals surface area contributed by atoms with Crippen LogP contribution >= 0.6 is 0 Å². The molecule has 2 saturated heterocycles. The Morgan fingerprint density at radius 1 is 1.35 bits per heavy atom. The SMILES string of the molecule is CN(C(=O)NC[C@H]1CCCO1)[C@@H]1CCN(c2ccccc2)C1=O. The molecule has 0 saturated carbocycles. The van der Waals surface area contributed by atoms with Crippen molar-refractivity contribution < 1.29 is 14.3 Å². The van der Waals surface area contributed by atoms with E-state index in [2.05, 4.69) is 5.32 Å². The summed E-state index contributed by atoms with van der Waals surface area (Å²) in [4.78, 5) is 28.1. The maximum atomic E-state index is 12.6. The second kappa shape index (κ2) is 7.00. The lowest BCUT2D eigenvalue weighted by Crippen LogP contribution is -2.48. The molecule has 2 aliphatic heterocycles. The molecular weight excluding hydrogens is 294 g/mol. The third kappa shape index (κ3) is 3.47. The topological polar surface area (TPSA) is 61.9 Å².